The first-order valence-electron chi connectivity index (χ1n) is 8.76. The summed E-state index contributed by atoms with van der Waals surface area (Å²) < 4.78 is 5.76. The zero-order valence-corrected chi connectivity index (χ0v) is 14.7. The van der Waals surface area contributed by atoms with Crippen LogP contribution in [0.25, 0.3) is 11.1 Å². The number of carboxylic acid groups (broad SMARTS) is 1. The van der Waals surface area contributed by atoms with Crippen LogP contribution < -0.4 is 4.74 Å². The molecule has 1 N–H and O–H groups in total. The van der Waals surface area contributed by atoms with Crippen LogP contribution in [0.2, 0.25) is 0 Å². The average molecular weight is 361 g/mol. The number of ether oxygens (including phenoxy) is 1. The number of rotatable bonds is 4. The summed E-state index contributed by atoms with van der Waals surface area (Å²) in [6, 6.07) is 12.8. The predicted molar refractivity (Wildman–Crippen MR) is 100 cm³/mol. The van der Waals surface area contributed by atoms with Gasteiger partial charge in [-0.2, -0.15) is 0 Å². The molecule has 1 atom stereocenters. The summed E-state index contributed by atoms with van der Waals surface area (Å²) >= 11 is 0. The lowest BCUT2D eigenvalue weighted by molar-refractivity contribution is -0.143. The Morgan fingerprint density at radius 3 is 2.78 bits per heavy atom. The number of carbonyl (C=O) groups is 1. The van der Waals surface area contributed by atoms with Crippen LogP contribution in [0.15, 0.2) is 67.3 Å². The number of aliphatic carboxylic acids is 1. The lowest BCUT2D eigenvalue weighted by Gasteiger charge is -2.27. The molecule has 0 spiro atoms. The molecule has 3 aromatic rings. The summed E-state index contributed by atoms with van der Waals surface area (Å²) in [5, 5.41) is 9.91. The molecule has 3 heterocycles. The van der Waals surface area contributed by atoms with Crippen molar-refractivity contribution in [2.24, 2.45) is 0 Å². The zero-order valence-electron chi connectivity index (χ0n) is 14.7. The van der Waals surface area contributed by atoms with Crippen molar-refractivity contribution in [1.82, 2.24) is 14.9 Å². The van der Waals surface area contributed by atoms with Crippen LogP contribution in [-0.4, -0.2) is 39.1 Å². The minimum absolute atomic E-state index is 0.426. The summed E-state index contributed by atoms with van der Waals surface area (Å²) in [6.45, 7) is 1.42. The minimum atomic E-state index is -0.909. The fraction of sp³-hybridized carbons (Fsp3) is 0.190. The molecular formula is C21H19N3O3. The Bertz CT molecular complexity index is 946. The summed E-state index contributed by atoms with van der Waals surface area (Å²) in [5.74, 6) is -0.325. The lowest BCUT2D eigenvalue weighted by atomic mass is 9.99. The monoisotopic (exact) mass is 361 g/mol. The second-order valence-corrected chi connectivity index (χ2v) is 6.37. The van der Waals surface area contributed by atoms with E-state index in [4.69, 9.17) is 4.74 Å². The van der Waals surface area contributed by atoms with Gasteiger partial charge in [-0.25, -0.2) is 0 Å². The van der Waals surface area contributed by atoms with E-state index >= 15 is 0 Å². The van der Waals surface area contributed by atoms with Crippen molar-refractivity contribution >= 4 is 5.97 Å². The third kappa shape index (κ3) is 3.52. The van der Waals surface area contributed by atoms with E-state index in [1.54, 1.807) is 24.7 Å². The van der Waals surface area contributed by atoms with Gasteiger partial charge in [-0.3, -0.25) is 19.7 Å². The smallest absolute Gasteiger partial charge is 0.325 e. The molecule has 27 heavy (non-hydrogen) atoms. The van der Waals surface area contributed by atoms with E-state index in [1.165, 1.54) is 0 Å². The van der Waals surface area contributed by atoms with Gasteiger partial charge in [0.1, 0.15) is 18.4 Å². The minimum Gasteiger partial charge on any atom is -0.492 e. The topological polar surface area (TPSA) is 75.6 Å². The maximum absolute atomic E-state index is 12.1. The van der Waals surface area contributed by atoms with Crippen molar-refractivity contribution in [2.45, 2.75) is 12.6 Å². The van der Waals surface area contributed by atoms with Crippen LogP contribution in [0.1, 0.15) is 17.2 Å². The molecule has 1 unspecified atom stereocenters. The largest absolute Gasteiger partial charge is 0.492 e. The van der Waals surface area contributed by atoms with E-state index in [2.05, 4.69) is 9.97 Å². The highest BCUT2D eigenvalue weighted by molar-refractivity contribution is 5.77. The summed E-state index contributed by atoms with van der Waals surface area (Å²) in [6.07, 6.45) is 6.76. The molecule has 0 saturated heterocycles. The Kier molecular flexibility index (Phi) is 4.80. The number of hydrogen-bond donors (Lipinski definition) is 1. The maximum atomic E-state index is 12.1. The van der Waals surface area contributed by atoms with Crippen molar-refractivity contribution in [1.29, 1.82) is 0 Å². The molecular weight excluding hydrogens is 342 g/mol. The van der Waals surface area contributed by atoms with Crippen LogP contribution in [-0.2, 0) is 11.3 Å². The molecule has 2 aromatic heterocycles. The number of nitrogens with zero attached hydrogens (tertiary/aromatic N) is 3. The van der Waals surface area contributed by atoms with Gasteiger partial charge in [-0.15, -0.1) is 0 Å². The molecule has 0 fully saturated rings. The molecule has 0 amide bonds. The van der Waals surface area contributed by atoms with E-state index in [0.717, 1.165) is 16.7 Å². The van der Waals surface area contributed by atoms with Gasteiger partial charge >= 0.3 is 5.97 Å². The average Bonchev–Trinajstić information content (AvgIpc) is 2.88. The van der Waals surface area contributed by atoms with Gasteiger partial charge in [0.05, 0.1) is 0 Å². The summed E-state index contributed by atoms with van der Waals surface area (Å²) in [4.78, 5) is 22.3. The number of pyridine rings is 2. The Hall–Kier alpha value is -3.25. The van der Waals surface area contributed by atoms with Gasteiger partial charge in [0.15, 0.2) is 0 Å². The number of aromatic nitrogens is 2. The van der Waals surface area contributed by atoms with Crippen molar-refractivity contribution in [3.63, 3.8) is 0 Å². The molecule has 1 aliphatic heterocycles. The Morgan fingerprint density at radius 2 is 1.96 bits per heavy atom. The van der Waals surface area contributed by atoms with Gasteiger partial charge in [0.25, 0.3) is 0 Å². The van der Waals surface area contributed by atoms with E-state index in [0.29, 0.717) is 31.0 Å². The Morgan fingerprint density at radius 1 is 1.11 bits per heavy atom. The fourth-order valence-corrected chi connectivity index (χ4v) is 3.47. The highest BCUT2D eigenvalue weighted by Gasteiger charge is 2.33. The Labute approximate surface area is 157 Å². The van der Waals surface area contributed by atoms with Gasteiger partial charge in [0.2, 0.25) is 0 Å². The Balaban J connectivity index is 1.71. The van der Waals surface area contributed by atoms with E-state index in [9.17, 15) is 9.90 Å². The molecule has 1 aromatic carbocycles. The highest BCUT2D eigenvalue weighted by Crippen LogP contribution is 2.34. The molecule has 0 saturated carbocycles. The van der Waals surface area contributed by atoms with Crippen LogP contribution >= 0.6 is 0 Å². The van der Waals surface area contributed by atoms with Crippen molar-refractivity contribution < 1.29 is 14.6 Å². The van der Waals surface area contributed by atoms with Crippen LogP contribution in [0.4, 0.5) is 0 Å². The van der Waals surface area contributed by atoms with Gasteiger partial charge in [0, 0.05) is 49.0 Å². The molecule has 136 valence electrons. The van der Waals surface area contributed by atoms with Crippen LogP contribution in [0, 0.1) is 0 Å². The molecule has 1 aliphatic rings. The molecule has 0 bridgehead atoms. The first-order chi connectivity index (χ1) is 13.2. The standard InChI is InChI=1S/C21H19N3O3/c25-21(26)20-18-13-23-9-7-19(18)27-11-10-24(20)14-16-4-1-2-6-17(16)15-5-3-8-22-12-15/h1-9,12-13,20H,10-11,14H2,(H,25,26). The highest BCUT2D eigenvalue weighted by atomic mass is 16.5. The first kappa shape index (κ1) is 17.2. The van der Waals surface area contributed by atoms with Crippen LogP contribution in [0.3, 0.4) is 0 Å². The van der Waals surface area contributed by atoms with Gasteiger partial charge in [-0.1, -0.05) is 30.3 Å². The van der Waals surface area contributed by atoms with E-state index in [1.807, 2.05) is 47.5 Å². The predicted octanol–water partition coefficient (Wildman–Crippen LogP) is 3.16. The third-order valence-electron chi connectivity index (χ3n) is 4.70. The molecule has 4 rings (SSSR count). The molecule has 6 nitrogen and oxygen atoms in total. The van der Waals surface area contributed by atoms with Gasteiger partial charge in [-0.05, 0) is 23.3 Å². The number of fused-ring (bicyclic) bond motifs is 1. The van der Waals surface area contributed by atoms with E-state index < -0.39 is 12.0 Å². The lowest BCUT2D eigenvalue weighted by Crippen LogP contribution is -2.34. The van der Waals surface area contributed by atoms with Crippen LogP contribution in [0.5, 0.6) is 5.75 Å². The molecule has 0 radical (unpaired) electrons. The summed E-state index contributed by atoms with van der Waals surface area (Å²) in [5.41, 5.74) is 3.69. The second kappa shape index (κ2) is 7.55. The van der Waals surface area contributed by atoms with Crippen molar-refractivity contribution in [3.8, 4) is 16.9 Å². The first-order valence-corrected chi connectivity index (χ1v) is 8.76. The molecule has 0 aliphatic carbocycles. The normalized spacial score (nSPS) is 16.8. The second-order valence-electron chi connectivity index (χ2n) is 6.37. The molecule has 6 heteroatoms. The number of carboxylic acids is 1. The summed E-state index contributed by atoms with van der Waals surface area (Å²) in [7, 11) is 0. The van der Waals surface area contributed by atoms with Crippen molar-refractivity contribution in [3.05, 3.63) is 78.4 Å². The zero-order chi connectivity index (χ0) is 18.6. The SMILES string of the molecule is O=C(O)C1c2cnccc2OCCN1Cc1ccccc1-c1cccnc1. The van der Waals surface area contributed by atoms with Crippen molar-refractivity contribution in [2.75, 3.05) is 13.2 Å². The quantitative estimate of drug-likeness (QED) is 0.769. The number of benzene rings is 1. The van der Waals surface area contributed by atoms with Gasteiger partial charge < -0.3 is 9.84 Å². The maximum Gasteiger partial charge on any atom is 0.325 e. The van der Waals surface area contributed by atoms with E-state index in [-0.39, 0.29) is 0 Å². The third-order valence-corrected chi connectivity index (χ3v) is 4.70. The fourth-order valence-electron chi connectivity index (χ4n) is 3.47. The number of hydrogen-bond acceptors (Lipinski definition) is 5.